The molecule has 0 saturated heterocycles. The Morgan fingerprint density at radius 1 is 1.04 bits per heavy atom. The molecule has 7 nitrogen and oxygen atoms in total. The Bertz CT molecular complexity index is 1040. The number of fused-ring (bicyclic) bond motifs is 1. The number of rotatable bonds is 6. The second-order valence-corrected chi connectivity index (χ2v) is 6.41. The zero-order valence-corrected chi connectivity index (χ0v) is 15.5. The lowest BCUT2D eigenvalue weighted by Crippen LogP contribution is -2.35. The van der Waals surface area contributed by atoms with Crippen molar-refractivity contribution < 1.29 is 9.72 Å². The smallest absolute Gasteiger partial charge is 0.269 e. The molecular weight excluding hydrogens is 356 g/mol. The molecule has 3 rings (SSSR count). The third kappa shape index (κ3) is 4.50. The molecule has 0 fully saturated rings. The van der Waals surface area contributed by atoms with Crippen molar-refractivity contribution in [3.05, 3.63) is 82.4 Å². The molecule has 0 spiro atoms. The zero-order valence-electron chi connectivity index (χ0n) is 15.5. The number of nitrogens with one attached hydrogen (secondary N) is 2. The molecule has 0 heterocycles. The second-order valence-electron chi connectivity index (χ2n) is 6.41. The summed E-state index contributed by atoms with van der Waals surface area (Å²) in [5, 5.41) is 20.2. The number of hydrazone groups is 1. The molecule has 0 unspecified atom stereocenters. The van der Waals surface area contributed by atoms with Gasteiger partial charge in [0.05, 0.1) is 10.6 Å². The van der Waals surface area contributed by atoms with Gasteiger partial charge in [0.2, 0.25) is 0 Å². The Morgan fingerprint density at radius 2 is 1.71 bits per heavy atom. The highest BCUT2D eigenvalue weighted by atomic mass is 16.6. The van der Waals surface area contributed by atoms with Crippen molar-refractivity contribution in [3.8, 4) is 0 Å². The van der Waals surface area contributed by atoms with E-state index < -0.39 is 11.0 Å². The lowest BCUT2D eigenvalue weighted by Gasteiger charge is -2.14. The van der Waals surface area contributed by atoms with Gasteiger partial charge in [-0.3, -0.25) is 14.9 Å². The van der Waals surface area contributed by atoms with Crippen molar-refractivity contribution in [2.24, 2.45) is 5.10 Å². The van der Waals surface area contributed by atoms with Crippen molar-refractivity contribution in [2.75, 3.05) is 5.32 Å². The highest BCUT2D eigenvalue weighted by Crippen LogP contribution is 2.19. The van der Waals surface area contributed by atoms with Gasteiger partial charge < -0.3 is 5.32 Å². The molecule has 0 radical (unpaired) electrons. The fourth-order valence-corrected chi connectivity index (χ4v) is 2.72. The van der Waals surface area contributed by atoms with Crippen LogP contribution < -0.4 is 10.7 Å². The van der Waals surface area contributed by atoms with Crippen molar-refractivity contribution in [1.29, 1.82) is 0 Å². The minimum atomic E-state index is -0.491. The standard InChI is InChI=1S/C21H20N4O3/c1-14(16-8-11-20(12-9-16)25(27)28)23-24-21(26)15(2)22-19-10-7-17-5-3-4-6-18(17)13-19/h3-13,15,22H,1-2H3,(H,24,26)/b23-14-/t15-/m0/s1. The van der Waals surface area contributed by atoms with Crippen LogP contribution in [0.2, 0.25) is 0 Å². The third-order valence-corrected chi connectivity index (χ3v) is 4.36. The van der Waals surface area contributed by atoms with E-state index in [0.717, 1.165) is 16.5 Å². The van der Waals surface area contributed by atoms with Gasteiger partial charge in [0.1, 0.15) is 6.04 Å². The molecule has 28 heavy (non-hydrogen) atoms. The zero-order chi connectivity index (χ0) is 20.1. The summed E-state index contributed by atoms with van der Waals surface area (Å²) in [5.41, 5.74) is 4.63. The Kier molecular flexibility index (Phi) is 5.64. The van der Waals surface area contributed by atoms with Crippen LogP contribution in [0.15, 0.2) is 71.8 Å². The van der Waals surface area contributed by atoms with Crippen LogP contribution in [0, 0.1) is 10.1 Å². The quantitative estimate of drug-likeness (QED) is 0.385. The average molecular weight is 376 g/mol. The predicted molar refractivity (Wildman–Crippen MR) is 110 cm³/mol. The number of hydrogen-bond donors (Lipinski definition) is 2. The molecule has 0 aliphatic carbocycles. The number of nitro benzene ring substituents is 1. The van der Waals surface area contributed by atoms with Crippen molar-refractivity contribution in [1.82, 2.24) is 5.43 Å². The molecule has 0 aromatic heterocycles. The summed E-state index contributed by atoms with van der Waals surface area (Å²) in [6.07, 6.45) is 0. The van der Waals surface area contributed by atoms with Gasteiger partial charge in [-0.25, -0.2) is 5.43 Å². The summed E-state index contributed by atoms with van der Waals surface area (Å²) in [4.78, 5) is 22.6. The topological polar surface area (TPSA) is 96.6 Å². The molecule has 3 aromatic rings. The number of hydrogen-bond acceptors (Lipinski definition) is 5. The average Bonchev–Trinajstić information content (AvgIpc) is 2.71. The van der Waals surface area contributed by atoms with Crippen molar-refractivity contribution in [3.63, 3.8) is 0 Å². The molecule has 1 atom stereocenters. The summed E-state index contributed by atoms with van der Waals surface area (Å²) in [5.74, 6) is -0.283. The van der Waals surface area contributed by atoms with E-state index in [1.54, 1.807) is 26.0 Å². The van der Waals surface area contributed by atoms with E-state index in [1.807, 2.05) is 42.5 Å². The van der Waals surface area contributed by atoms with E-state index in [4.69, 9.17) is 0 Å². The molecule has 1 amide bonds. The summed E-state index contributed by atoms with van der Waals surface area (Å²) in [6.45, 7) is 3.48. The highest BCUT2D eigenvalue weighted by Gasteiger charge is 2.12. The molecule has 3 aromatic carbocycles. The van der Waals surface area contributed by atoms with E-state index in [0.29, 0.717) is 11.3 Å². The van der Waals surface area contributed by atoms with Gasteiger partial charge in [0, 0.05) is 17.8 Å². The number of carbonyl (C=O) groups excluding carboxylic acids is 1. The van der Waals surface area contributed by atoms with Crippen molar-refractivity contribution >= 4 is 33.8 Å². The van der Waals surface area contributed by atoms with Crippen LogP contribution >= 0.6 is 0 Å². The highest BCUT2D eigenvalue weighted by molar-refractivity contribution is 5.99. The first kappa shape index (κ1) is 19.0. The van der Waals surface area contributed by atoms with Gasteiger partial charge in [-0.15, -0.1) is 0 Å². The maximum absolute atomic E-state index is 12.3. The van der Waals surface area contributed by atoms with Crippen LogP contribution in [0.25, 0.3) is 10.8 Å². The first-order valence-corrected chi connectivity index (χ1v) is 8.78. The predicted octanol–water partition coefficient (Wildman–Crippen LogP) is 4.09. The SMILES string of the molecule is C/C(=N/NC(=O)[C@H](C)Nc1ccc2ccccc2c1)c1ccc([N+](=O)[O-])cc1. The summed E-state index contributed by atoms with van der Waals surface area (Å²) in [6, 6.07) is 19.4. The van der Waals surface area contributed by atoms with Gasteiger partial charge in [-0.05, 0) is 54.4 Å². The van der Waals surface area contributed by atoms with Crippen LogP contribution in [0.4, 0.5) is 11.4 Å². The lowest BCUT2D eigenvalue weighted by atomic mass is 10.1. The summed E-state index contributed by atoms with van der Waals surface area (Å²) < 4.78 is 0. The van der Waals surface area contributed by atoms with Gasteiger partial charge in [0.15, 0.2) is 0 Å². The molecule has 142 valence electrons. The number of nitrogens with zero attached hydrogens (tertiary/aromatic N) is 2. The van der Waals surface area contributed by atoms with Gasteiger partial charge >= 0.3 is 0 Å². The summed E-state index contributed by atoms with van der Waals surface area (Å²) in [7, 11) is 0. The van der Waals surface area contributed by atoms with Crippen LogP contribution in [-0.4, -0.2) is 22.6 Å². The largest absolute Gasteiger partial charge is 0.374 e. The van der Waals surface area contributed by atoms with E-state index in [1.165, 1.54) is 12.1 Å². The third-order valence-electron chi connectivity index (χ3n) is 4.36. The van der Waals surface area contributed by atoms with Gasteiger partial charge in [-0.1, -0.05) is 30.3 Å². The maximum atomic E-state index is 12.3. The molecule has 0 saturated carbocycles. The molecule has 0 bridgehead atoms. The van der Waals surface area contributed by atoms with Crippen LogP contribution in [0.1, 0.15) is 19.4 Å². The number of non-ortho nitro benzene ring substituents is 1. The Morgan fingerprint density at radius 3 is 2.39 bits per heavy atom. The van der Waals surface area contributed by atoms with E-state index in [2.05, 4.69) is 15.8 Å². The molecular formula is C21H20N4O3. The monoisotopic (exact) mass is 376 g/mol. The Labute approximate surface area is 162 Å². The fourth-order valence-electron chi connectivity index (χ4n) is 2.72. The Balaban J connectivity index is 1.62. The number of anilines is 1. The normalized spacial score (nSPS) is 12.4. The minimum Gasteiger partial charge on any atom is -0.374 e. The first-order chi connectivity index (χ1) is 13.4. The second kappa shape index (κ2) is 8.30. The molecule has 7 heteroatoms. The summed E-state index contributed by atoms with van der Waals surface area (Å²) >= 11 is 0. The molecule has 0 aliphatic rings. The van der Waals surface area contributed by atoms with E-state index >= 15 is 0 Å². The fraction of sp³-hybridized carbons (Fsp3) is 0.143. The van der Waals surface area contributed by atoms with Gasteiger partial charge in [-0.2, -0.15) is 5.10 Å². The number of nitro groups is 1. The maximum Gasteiger partial charge on any atom is 0.269 e. The number of amides is 1. The minimum absolute atomic E-state index is 0.00814. The van der Waals surface area contributed by atoms with E-state index in [-0.39, 0.29) is 11.6 Å². The number of benzene rings is 3. The molecule has 2 N–H and O–H groups in total. The van der Waals surface area contributed by atoms with Crippen molar-refractivity contribution in [2.45, 2.75) is 19.9 Å². The Hall–Kier alpha value is -3.74. The number of carbonyl (C=O) groups is 1. The van der Waals surface area contributed by atoms with Crippen LogP contribution in [0.3, 0.4) is 0 Å². The van der Waals surface area contributed by atoms with E-state index in [9.17, 15) is 14.9 Å². The lowest BCUT2D eigenvalue weighted by molar-refractivity contribution is -0.384. The molecule has 0 aliphatic heterocycles. The van der Waals surface area contributed by atoms with Crippen LogP contribution in [-0.2, 0) is 4.79 Å². The van der Waals surface area contributed by atoms with Gasteiger partial charge in [0.25, 0.3) is 11.6 Å². The first-order valence-electron chi connectivity index (χ1n) is 8.78. The van der Waals surface area contributed by atoms with Crippen LogP contribution in [0.5, 0.6) is 0 Å².